The lowest BCUT2D eigenvalue weighted by atomic mass is 9.65. The highest BCUT2D eigenvalue weighted by molar-refractivity contribution is 6.02. The number of allylic oxidation sites excluding steroid dienone is 2. The molecule has 0 amide bonds. The van der Waals surface area contributed by atoms with Crippen LogP contribution < -0.4 is 0 Å². The van der Waals surface area contributed by atoms with E-state index in [2.05, 4.69) is 19.9 Å². The third-order valence-electron chi connectivity index (χ3n) is 3.70. The van der Waals surface area contributed by atoms with Crippen molar-refractivity contribution in [1.29, 1.82) is 0 Å². The monoisotopic (exact) mass is 206 g/mol. The van der Waals surface area contributed by atoms with Crippen LogP contribution in [0.4, 0.5) is 0 Å². The topological polar surface area (TPSA) is 29.6 Å². The first-order chi connectivity index (χ1) is 6.90. The number of ketones is 1. The predicted octanol–water partition coefficient (Wildman–Crippen LogP) is 2.65. The van der Waals surface area contributed by atoms with Gasteiger partial charge in [0.15, 0.2) is 11.4 Å². The Morgan fingerprint density at radius 2 is 2.07 bits per heavy atom. The number of hydrogen-bond acceptors (Lipinski definition) is 2. The first-order valence-corrected chi connectivity index (χ1v) is 5.45. The largest absolute Gasteiger partial charge is 0.349 e. The molecular formula is C13H18O2. The maximum atomic E-state index is 12.1. The molecular weight excluding hydrogens is 188 g/mol. The Kier molecular flexibility index (Phi) is 2.00. The minimum absolute atomic E-state index is 0.0989. The SMILES string of the molecule is CC=CC(=O)C12OC1(C)C=CCC2(C)C. The molecule has 0 N–H and O–H groups in total. The number of ether oxygens (including phenoxy) is 1. The molecule has 1 saturated heterocycles. The highest BCUT2D eigenvalue weighted by Gasteiger charge is 2.76. The highest BCUT2D eigenvalue weighted by Crippen LogP contribution is 2.63. The maximum absolute atomic E-state index is 12.1. The van der Waals surface area contributed by atoms with Gasteiger partial charge in [-0.2, -0.15) is 0 Å². The van der Waals surface area contributed by atoms with Crippen LogP contribution in [0.5, 0.6) is 0 Å². The van der Waals surface area contributed by atoms with Gasteiger partial charge in [-0.1, -0.05) is 32.1 Å². The van der Waals surface area contributed by atoms with Gasteiger partial charge in [-0.25, -0.2) is 0 Å². The number of rotatable bonds is 2. The van der Waals surface area contributed by atoms with E-state index in [0.717, 1.165) is 6.42 Å². The maximum Gasteiger partial charge on any atom is 0.191 e. The van der Waals surface area contributed by atoms with E-state index in [0.29, 0.717) is 0 Å². The van der Waals surface area contributed by atoms with Gasteiger partial charge < -0.3 is 4.74 Å². The standard InChI is InChI=1S/C13H18O2/c1-5-7-10(14)13-11(2,3)8-6-9-12(13,4)15-13/h5-7,9H,8H2,1-4H3. The lowest BCUT2D eigenvalue weighted by molar-refractivity contribution is -0.123. The summed E-state index contributed by atoms with van der Waals surface area (Å²) in [4.78, 5) is 12.1. The van der Waals surface area contributed by atoms with Gasteiger partial charge in [0.2, 0.25) is 0 Å². The molecule has 1 aliphatic carbocycles. The van der Waals surface area contributed by atoms with E-state index in [-0.39, 0.29) is 16.8 Å². The van der Waals surface area contributed by atoms with Crippen LogP contribution in [0, 0.1) is 5.41 Å². The second-order valence-corrected chi connectivity index (χ2v) is 5.24. The van der Waals surface area contributed by atoms with E-state index >= 15 is 0 Å². The molecule has 2 heteroatoms. The molecule has 0 bridgehead atoms. The van der Waals surface area contributed by atoms with Crippen molar-refractivity contribution in [3.63, 3.8) is 0 Å². The average molecular weight is 206 g/mol. The lowest BCUT2D eigenvalue weighted by Crippen LogP contribution is -2.46. The lowest BCUT2D eigenvalue weighted by Gasteiger charge is -2.33. The molecule has 2 unspecified atom stereocenters. The van der Waals surface area contributed by atoms with Crippen molar-refractivity contribution in [3.8, 4) is 0 Å². The highest BCUT2D eigenvalue weighted by atomic mass is 16.6. The fourth-order valence-corrected chi connectivity index (χ4v) is 2.87. The molecule has 0 saturated carbocycles. The van der Waals surface area contributed by atoms with Gasteiger partial charge in [0.25, 0.3) is 0 Å². The van der Waals surface area contributed by atoms with Crippen LogP contribution in [0.25, 0.3) is 0 Å². The van der Waals surface area contributed by atoms with Crippen LogP contribution in [-0.2, 0) is 9.53 Å². The molecule has 82 valence electrons. The molecule has 0 aromatic carbocycles. The van der Waals surface area contributed by atoms with Gasteiger partial charge in [-0.15, -0.1) is 0 Å². The van der Waals surface area contributed by atoms with Crippen molar-refractivity contribution in [2.45, 2.75) is 45.3 Å². The Morgan fingerprint density at radius 3 is 2.60 bits per heavy atom. The summed E-state index contributed by atoms with van der Waals surface area (Å²) >= 11 is 0. The molecule has 0 spiro atoms. The van der Waals surface area contributed by atoms with Crippen LogP contribution in [0.3, 0.4) is 0 Å². The molecule has 2 aliphatic rings. The van der Waals surface area contributed by atoms with Crippen LogP contribution in [0.15, 0.2) is 24.3 Å². The smallest absolute Gasteiger partial charge is 0.191 e. The minimum Gasteiger partial charge on any atom is -0.349 e. The van der Waals surface area contributed by atoms with Crippen molar-refractivity contribution < 1.29 is 9.53 Å². The van der Waals surface area contributed by atoms with Crippen molar-refractivity contribution in [1.82, 2.24) is 0 Å². The van der Waals surface area contributed by atoms with E-state index in [9.17, 15) is 4.79 Å². The van der Waals surface area contributed by atoms with Gasteiger partial charge in [-0.05, 0) is 26.3 Å². The first kappa shape index (κ1) is 10.6. The quantitative estimate of drug-likeness (QED) is 0.395. The third-order valence-corrected chi connectivity index (χ3v) is 3.70. The molecule has 1 aliphatic heterocycles. The van der Waals surface area contributed by atoms with Crippen LogP contribution in [0.2, 0.25) is 0 Å². The van der Waals surface area contributed by atoms with E-state index in [1.807, 2.05) is 19.9 Å². The Hall–Kier alpha value is -0.890. The molecule has 1 heterocycles. The van der Waals surface area contributed by atoms with Crippen LogP contribution in [0.1, 0.15) is 34.1 Å². The summed E-state index contributed by atoms with van der Waals surface area (Å²) in [5.41, 5.74) is -1.13. The number of epoxide rings is 1. The van der Waals surface area contributed by atoms with Crippen molar-refractivity contribution >= 4 is 5.78 Å². The summed E-state index contributed by atoms with van der Waals surface area (Å²) < 4.78 is 5.79. The molecule has 0 radical (unpaired) electrons. The zero-order chi connectivity index (χ0) is 11.3. The van der Waals surface area contributed by atoms with Crippen LogP contribution in [-0.4, -0.2) is 17.0 Å². The first-order valence-electron chi connectivity index (χ1n) is 5.45. The van der Waals surface area contributed by atoms with E-state index < -0.39 is 5.60 Å². The summed E-state index contributed by atoms with van der Waals surface area (Å²) in [6.07, 6.45) is 8.46. The van der Waals surface area contributed by atoms with Gasteiger partial charge >= 0.3 is 0 Å². The zero-order valence-electron chi connectivity index (χ0n) is 9.83. The number of hydrogen-bond donors (Lipinski definition) is 0. The molecule has 2 rings (SSSR count). The van der Waals surface area contributed by atoms with Gasteiger partial charge in [0, 0.05) is 5.41 Å². The second kappa shape index (κ2) is 2.82. The minimum atomic E-state index is -0.624. The summed E-state index contributed by atoms with van der Waals surface area (Å²) in [6.45, 7) is 8.05. The average Bonchev–Trinajstić information content (AvgIpc) is 2.75. The Morgan fingerprint density at radius 1 is 1.40 bits per heavy atom. The summed E-state index contributed by atoms with van der Waals surface area (Å²) in [6, 6.07) is 0. The zero-order valence-corrected chi connectivity index (χ0v) is 9.83. The molecule has 0 aromatic rings. The van der Waals surface area contributed by atoms with Gasteiger partial charge in [-0.3, -0.25) is 4.79 Å². The molecule has 0 aromatic heterocycles. The third kappa shape index (κ3) is 1.11. The Labute approximate surface area is 91.0 Å². The predicted molar refractivity (Wildman–Crippen MR) is 59.6 cm³/mol. The summed E-state index contributed by atoms with van der Waals surface area (Å²) in [5.74, 6) is 0.0989. The van der Waals surface area contributed by atoms with Crippen molar-refractivity contribution in [3.05, 3.63) is 24.3 Å². The Balaban J connectivity index is 2.44. The van der Waals surface area contributed by atoms with E-state index in [1.165, 1.54) is 0 Å². The summed E-state index contributed by atoms with van der Waals surface area (Å²) in [5, 5.41) is 0. The molecule has 15 heavy (non-hydrogen) atoms. The number of carbonyl (C=O) groups is 1. The van der Waals surface area contributed by atoms with Crippen molar-refractivity contribution in [2.24, 2.45) is 5.41 Å². The van der Waals surface area contributed by atoms with E-state index in [1.54, 1.807) is 12.2 Å². The molecule has 1 fully saturated rings. The molecule has 2 nitrogen and oxygen atoms in total. The molecule has 2 atom stereocenters. The van der Waals surface area contributed by atoms with Crippen molar-refractivity contribution in [2.75, 3.05) is 0 Å². The number of carbonyl (C=O) groups excluding carboxylic acids is 1. The normalized spacial score (nSPS) is 41.6. The number of fused-ring (bicyclic) bond motifs is 1. The summed E-state index contributed by atoms with van der Waals surface area (Å²) in [7, 11) is 0. The Bertz CT molecular complexity index is 365. The fourth-order valence-electron chi connectivity index (χ4n) is 2.87. The second-order valence-electron chi connectivity index (χ2n) is 5.24. The van der Waals surface area contributed by atoms with Gasteiger partial charge in [0.05, 0.1) is 0 Å². The van der Waals surface area contributed by atoms with Crippen LogP contribution >= 0.6 is 0 Å². The van der Waals surface area contributed by atoms with E-state index in [4.69, 9.17) is 4.74 Å². The van der Waals surface area contributed by atoms with Gasteiger partial charge in [0.1, 0.15) is 5.60 Å². The fraction of sp³-hybridized carbons (Fsp3) is 0.615.